The highest BCUT2D eigenvalue weighted by molar-refractivity contribution is 6.16. The van der Waals surface area contributed by atoms with E-state index in [-0.39, 0.29) is 0 Å². The highest BCUT2D eigenvalue weighted by Gasteiger charge is 2.46. The van der Waals surface area contributed by atoms with E-state index in [1.807, 2.05) is 0 Å². The highest BCUT2D eigenvalue weighted by Crippen LogP contribution is 2.58. The monoisotopic (exact) mass is 928 g/mol. The first-order valence-corrected chi connectivity index (χ1v) is 25.3. The number of fused-ring (bicyclic) bond motifs is 7. The molecule has 2 heteroatoms. The van der Waals surface area contributed by atoms with Crippen LogP contribution in [0.15, 0.2) is 291 Å². The molecule has 12 aromatic carbocycles. The van der Waals surface area contributed by atoms with E-state index in [1.165, 1.54) is 88.2 Å². The first-order valence-electron chi connectivity index (χ1n) is 25.3. The Bertz CT molecular complexity index is 4150. The Morgan fingerprint density at radius 3 is 1.58 bits per heavy atom. The number of hydrogen-bond donors (Lipinski definition) is 0. The van der Waals surface area contributed by atoms with Crippen molar-refractivity contribution in [3.63, 3.8) is 0 Å². The number of benzene rings is 12. The summed E-state index contributed by atoms with van der Waals surface area (Å²) in [5.41, 5.74) is 20.8. The van der Waals surface area contributed by atoms with Crippen molar-refractivity contribution in [3.8, 4) is 50.2 Å². The van der Waals surface area contributed by atoms with Gasteiger partial charge < -0.3 is 9.47 Å². The van der Waals surface area contributed by atoms with Crippen LogP contribution >= 0.6 is 0 Å². The van der Waals surface area contributed by atoms with Gasteiger partial charge in [-0.25, -0.2) is 0 Å². The summed E-state index contributed by atoms with van der Waals surface area (Å²) < 4.78 is 2.41. The zero-order chi connectivity index (χ0) is 48.3. The molecule has 342 valence electrons. The van der Waals surface area contributed by atoms with E-state index in [0.29, 0.717) is 0 Å². The van der Waals surface area contributed by atoms with Crippen LogP contribution in [-0.2, 0) is 5.41 Å². The zero-order valence-corrected chi connectivity index (χ0v) is 40.1. The maximum absolute atomic E-state index is 2.51. The van der Waals surface area contributed by atoms with Crippen LogP contribution in [0.5, 0.6) is 0 Å². The SMILES string of the molecule is c1ccc(-c2cccc3cccc(-c4ccccc4N(c4cccc(-c5cccc6c5c5ccccc5n6-c5ccccc5)c4)c4ccc5c(c4)C(c4ccccc4)(c4ccccc4)c4ccccc4-5)c23)cc1. The van der Waals surface area contributed by atoms with Gasteiger partial charge in [0, 0.05) is 33.4 Å². The molecule has 14 rings (SSSR count). The smallest absolute Gasteiger partial charge is 0.0714 e. The molecule has 0 unspecified atom stereocenters. The lowest BCUT2D eigenvalue weighted by Gasteiger charge is -2.35. The number of rotatable bonds is 9. The lowest BCUT2D eigenvalue weighted by atomic mass is 9.67. The molecule has 0 atom stereocenters. The van der Waals surface area contributed by atoms with Gasteiger partial charge in [0.05, 0.1) is 22.1 Å². The Labute approximate surface area is 426 Å². The van der Waals surface area contributed by atoms with Crippen LogP contribution in [0.2, 0.25) is 0 Å². The average Bonchev–Trinajstić information content (AvgIpc) is 3.99. The van der Waals surface area contributed by atoms with Crippen LogP contribution in [0.4, 0.5) is 17.1 Å². The van der Waals surface area contributed by atoms with Crippen molar-refractivity contribution in [1.29, 1.82) is 0 Å². The third kappa shape index (κ3) is 6.72. The van der Waals surface area contributed by atoms with Crippen LogP contribution in [0.3, 0.4) is 0 Å². The first kappa shape index (κ1) is 42.4. The molecule has 1 aromatic heterocycles. The molecular weight excluding hydrogens is 881 g/mol. The molecule has 0 spiro atoms. The molecular formula is C71H48N2. The van der Waals surface area contributed by atoms with Gasteiger partial charge in [-0.15, -0.1) is 0 Å². The van der Waals surface area contributed by atoms with Crippen LogP contribution in [0.1, 0.15) is 22.3 Å². The van der Waals surface area contributed by atoms with Gasteiger partial charge in [0.2, 0.25) is 0 Å². The van der Waals surface area contributed by atoms with Crippen molar-refractivity contribution in [2.75, 3.05) is 4.90 Å². The molecule has 1 aliphatic rings. The topological polar surface area (TPSA) is 8.17 Å². The third-order valence-corrected chi connectivity index (χ3v) is 15.3. The maximum atomic E-state index is 2.51. The van der Waals surface area contributed by atoms with Crippen LogP contribution < -0.4 is 4.90 Å². The van der Waals surface area contributed by atoms with Gasteiger partial charge in [-0.05, 0) is 127 Å². The zero-order valence-electron chi connectivity index (χ0n) is 40.1. The van der Waals surface area contributed by atoms with Gasteiger partial charge in [0.15, 0.2) is 0 Å². The largest absolute Gasteiger partial charge is 0.310 e. The van der Waals surface area contributed by atoms with Crippen molar-refractivity contribution in [1.82, 2.24) is 4.57 Å². The van der Waals surface area contributed by atoms with Gasteiger partial charge in [0.25, 0.3) is 0 Å². The van der Waals surface area contributed by atoms with E-state index in [4.69, 9.17) is 0 Å². The second kappa shape index (κ2) is 17.4. The summed E-state index contributed by atoms with van der Waals surface area (Å²) >= 11 is 0. The molecule has 0 bridgehead atoms. The summed E-state index contributed by atoms with van der Waals surface area (Å²) in [5, 5.41) is 4.90. The minimum absolute atomic E-state index is 0.569. The number of para-hydroxylation sites is 3. The van der Waals surface area contributed by atoms with Crippen LogP contribution in [0, 0.1) is 0 Å². The molecule has 0 fully saturated rings. The van der Waals surface area contributed by atoms with Crippen molar-refractivity contribution >= 4 is 49.6 Å². The fourth-order valence-electron chi connectivity index (χ4n) is 12.2. The minimum atomic E-state index is -0.569. The lowest BCUT2D eigenvalue weighted by molar-refractivity contribution is 0.768. The molecule has 0 amide bonds. The molecule has 13 aromatic rings. The first-order chi connectivity index (χ1) is 36.3. The molecule has 0 N–H and O–H groups in total. The second-order valence-electron chi connectivity index (χ2n) is 19.1. The summed E-state index contributed by atoms with van der Waals surface area (Å²) in [5.74, 6) is 0. The van der Waals surface area contributed by atoms with Gasteiger partial charge in [-0.1, -0.05) is 237 Å². The van der Waals surface area contributed by atoms with Gasteiger partial charge in [0.1, 0.15) is 0 Å². The Morgan fingerprint density at radius 2 is 0.822 bits per heavy atom. The van der Waals surface area contributed by atoms with Crippen molar-refractivity contribution < 1.29 is 0 Å². The van der Waals surface area contributed by atoms with E-state index >= 15 is 0 Å². The molecule has 1 heterocycles. The van der Waals surface area contributed by atoms with Gasteiger partial charge in [-0.3, -0.25) is 0 Å². The third-order valence-electron chi connectivity index (χ3n) is 15.3. The number of anilines is 3. The van der Waals surface area contributed by atoms with Crippen LogP contribution in [-0.4, -0.2) is 4.57 Å². The molecule has 73 heavy (non-hydrogen) atoms. The summed E-state index contributed by atoms with van der Waals surface area (Å²) in [4.78, 5) is 2.51. The van der Waals surface area contributed by atoms with E-state index in [2.05, 4.69) is 301 Å². The number of nitrogens with zero attached hydrogens (tertiary/aromatic N) is 2. The average molecular weight is 929 g/mol. The van der Waals surface area contributed by atoms with Crippen molar-refractivity contribution in [3.05, 3.63) is 313 Å². The summed E-state index contributed by atoms with van der Waals surface area (Å²) in [6, 6.07) is 107. The standard InChI is InChI=1S/C71H48N2/c1-5-23-49(24-6-1)57-38-20-25-50-26-21-40-62(69(50)57)61-36-14-17-42-66(61)72(55-34-19-27-51(47-55)58-39-22-44-68-70(58)63-37-15-18-43-67(63)73(68)54-32-11-4-12-33-54)56-45-46-60-59-35-13-16-41-64(59)71(65(60)48-56,52-28-7-2-8-29-52)53-30-9-3-10-31-53/h1-48H. The summed E-state index contributed by atoms with van der Waals surface area (Å²) in [7, 11) is 0. The molecule has 0 aliphatic heterocycles. The van der Waals surface area contributed by atoms with E-state index in [0.717, 1.165) is 33.9 Å². The number of aromatic nitrogens is 1. The minimum Gasteiger partial charge on any atom is -0.310 e. The van der Waals surface area contributed by atoms with Gasteiger partial charge in [-0.2, -0.15) is 0 Å². The summed E-state index contributed by atoms with van der Waals surface area (Å²) in [6.07, 6.45) is 0. The Morgan fingerprint density at radius 1 is 0.301 bits per heavy atom. The molecule has 0 saturated heterocycles. The molecule has 1 aliphatic carbocycles. The van der Waals surface area contributed by atoms with Crippen molar-refractivity contribution in [2.45, 2.75) is 5.41 Å². The molecule has 2 nitrogen and oxygen atoms in total. The van der Waals surface area contributed by atoms with E-state index < -0.39 is 5.41 Å². The van der Waals surface area contributed by atoms with E-state index in [1.54, 1.807) is 0 Å². The fraction of sp³-hybridized carbons (Fsp3) is 0.0141. The van der Waals surface area contributed by atoms with Crippen LogP contribution in [0.25, 0.3) is 82.8 Å². The van der Waals surface area contributed by atoms with Gasteiger partial charge >= 0.3 is 0 Å². The fourth-order valence-corrected chi connectivity index (χ4v) is 12.2. The predicted octanol–water partition coefficient (Wildman–Crippen LogP) is 18.8. The lowest BCUT2D eigenvalue weighted by Crippen LogP contribution is -2.28. The normalized spacial score (nSPS) is 12.5. The van der Waals surface area contributed by atoms with Crippen molar-refractivity contribution in [2.24, 2.45) is 0 Å². The second-order valence-corrected chi connectivity index (χ2v) is 19.1. The highest BCUT2D eigenvalue weighted by atomic mass is 15.1. The molecule has 0 radical (unpaired) electrons. The quantitative estimate of drug-likeness (QED) is 0.140. The van der Waals surface area contributed by atoms with E-state index in [9.17, 15) is 0 Å². The Kier molecular flexibility index (Phi) is 10.1. The summed E-state index contributed by atoms with van der Waals surface area (Å²) in [6.45, 7) is 0. The predicted molar refractivity (Wildman–Crippen MR) is 307 cm³/mol. The number of hydrogen-bond acceptors (Lipinski definition) is 1. The molecule has 0 saturated carbocycles. The Hall–Kier alpha value is -9.50. The Balaban J connectivity index is 1.04. The maximum Gasteiger partial charge on any atom is 0.0714 e.